The Morgan fingerprint density at radius 2 is 1.64 bits per heavy atom. The smallest absolute Gasteiger partial charge is 0.319 e. The molecule has 0 fully saturated rings. The van der Waals surface area contributed by atoms with Crippen LogP contribution in [0.15, 0.2) is 89.8 Å². The van der Waals surface area contributed by atoms with E-state index in [4.69, 9.17) is 11.6 Å². The Bertz CT molecular complexity index is 1370. The minimum absolute atomic E-state index is 0.202. The zero-order valence-corrected chi connectivity index (χ0v) is 19.3. The van der Waals surface area contributed by atoms with Crippen LogP contribution in [-0.2, 0) is 16.4 Å². The maximum atomic E-state index is 12.3. The maximum Gasteiger partial charge on any atom is 0.319 e. The van der Waals surface area contributed by atoms with E-state index in [2.05, 4.69) is 15.7 Å². The second kappa shape index (κ2) is 9.48. The molecular formula is C24H21ClN4O3S. The first-order valence-electron chi connectivity index (χ1n) is 10.0. The summed E-state index contributed by atoms with van der Waals surface area (Å²) in [4.78, 5) is 12.5. The van der Waals surface area contributed by atoms with Gasteiger partial charge in [-0.05, 0) is 54.6 Å². The molecule has 9 heteroatoms. The average molecular weight is 481 g/mol. The normalized spacial score (nSPS) is 11.2. The van der Waals surface area contributed by atoms with Crippen molar-refractivity contribution in [3.8, 4) is 16.9 Å². The summed E-state index contributed by atoms with van der Waals surface area (Å²) in [5, 5.41) is 10.8. The Labute approximate surface area is 196 Å². The fourth-order valence-corrected chi connectivity index (χ4v) is 4.00. The van der Waals surface area contributed by atoms with E-state index in [0.29, 0.717) is 22.1 Å². The molecule has 33 heavy (non-hydrogen) atoms. The highest BCUT2D eigenvalue weighted by molar-refractivity contribution is 7.90. The van der Waals surface area contributed by atoms with E-state index in [1.165, 1.54) is 6.26 Å². The van der Waals surface area contributed by atoms with E-state index in [-0.39, 0.29) is 17.5 Å². The number of amides is 2. The van der Waals surface area contributed by atoms with Gasteiger partial charge in [0.25, 0.3) is 0 Å². The third-order valence-electron chi connectivity index (χ3n) is 4.87. The highest BCUT2D eigenvalue weighted by Crippen LogP contribution is 2.25. The van der Waals surface area contributed by atoms with Gasteiger partial charge in [0.05, 0.1) is 28.5 Å². The van der Waals surface area contributed by atoms with Crippen LogP contribution in [0.2, 0.25) is 5.02 Å². The molecule has 1 heterocycles. The number of sulfone groups is 1. The van der Waals surface area contributed by atoms with Gasteiger partial charge in [-0.25, -0.2) is 17.9 Å². The SMILES string of the molecule is CS(=O)(=O)c1ccc(-n2nc(CNC(=O)Nc3ccc(Cl)cc3)cc2-c2ccccc2)cc1. The standard InChI is InChI=1S/C24H21ClN4O3S/c1-33(31,32)22-13-11-21(12-14-22)29-23(17-5-3-2-4-6-17)15-20(28-29)16-26-24(30)27-19-9-7-18(25)8-10-19/h2-15H,16H2,1H3,(H2,26,27,30). The van der Waals surface area contributed by atoms with E-state index in [0.717, 1.165) is 11.3 Å². The lowest BCUT2D eigenvalue weighted by Crippen LogP contribution is -2.28. The Kier molecular flexibility index (Phi) is 6.48. The molecule has 1 aromatic heterocycles. The predicted octanol–water partition coefficient (Wildman–Crippen LogP) is 4.92. The molecule has 4 rings (SSSR count). The molecule has 0 aliphatic carbocycles. The molecule has 0 saturated heterocycles. The summed E-state index contributed by atoms with van der Waals surface area (Å²) in [7, 11) is -3.30. The fraction of sp³-hybridized carbons (Fsp3) is 0.0833. The van der Waals surface area contributed by atoms with Crippen molar-refractivity contribution >= 4 is 33.2 Å². The second-order valence-corrected chi connectivity index (χ2v) is 9.83. The van der Waals surface area contributed by atoms with Crippen molar-refractivity contribution in [3.05, 3.63) is 95.6 Å². The first kappa shape index (κ1) is 22.6. The van der Waals surface area contributed by atoms with Gasteiger partial charge in [-0.2, -0.15) is 5.10 Å². The van der Waals surface area contributed by atoms with Crippen LogP contribution in [0.4, 0.5) is 10.5 Å². The Hall–Kier alpha value is -3.62. The zero-order valence-electron chi connectivity index (χ0n) is 17.7. The quantitative estimate of drug-likeness (QED) is 0.409. The third-order valence-corrected chi connectivity index (χ3v) is 6.25. The second-order valence-electron chi connectivity index (χ2n) is 7.38. The highest BCUT2D eigenvalue weighted by Gasteiger charge is 2.14. The molecule has 0 bridgehead atoms. The predicted molar refractivity (Wildman–Crippen MR) is 129 cm³/mol. The fourth-order valence-electron chi connectivity index (χ4n) is 3.24. The summed E-state index contributed by atoms with van der Waals surface area (Å²) in [6.07, 6.45) is 1.17. The third kappa shape index (κ3) is 5.60. The van der Waals surface area contributed by atoms with Crippen LogP contribution < -0.4 is 10.6 Å². The molecule has 168 valence electrons. The number of carbonyl (C=O) groups excluding carboxylic acids is 1. The van der Waals surface area contributed by atoms with Gasteiger partial charge < -0.3 is 10.6 Å². The van der Waals surface area contributed by atoms with Crippen molar-refractivity contribution in [2.24, 2.45) is 0 Å². The average Bonchev–Trinajstić information content (AvgIpc) is 3.24. The summed E-state index contributed by atoms with van der Waals surface area (Å²) < 4.78 is 25.3. The molecular weight excluding hydrogens is 460 g/mol. The maximum absolute atomic E-state index is 12.3. The molecule has 0 unspecified atom stereocenters. The summed E-state index contributed by atoms with van der Waals surface area (Å²) >= 11 is 5.87. The van der Waals surface area contributed by atoms with Gasteiger partial charge in [-0.3, -0.25) is 0 Å². The molecule has 0 atom stereocenters. The molecule has 0 aliphatic heterocycles. The van der Waals surface area contributed by atoms with E-state index in [1.807, 2.05) is 36.4 Å². The Morgan fingerprint density at radius 1 is 0.970 bits per heavy atom. The van der Waals surface area contributed by atoms with Crippen molar-refractivity contribution in [3.63, 3.8) is 0 Å². The number of hydrogen-bond donors (Lipinski definition) is 2. The number of urea groups is 1. The largest absolute Gasteiger partial charge is 0.332 e. The van der Waals surface area contributed by atoms with Crippen LogP contribution in [0.5, 0.6) is 0 Å². The summed E-state index contributed by atoms with van der Waals surface area (Å²) in [5.74, 6) is 0. The number of halogens is 1. The highest BCUT2D eigenvalue weighted by atomic mass is 35.5. The lowest BCUT2D eigenvalue weighted by atomic mass is 10.1. The van der Waals surface area contributed by atoms with Crippen LogP contribution in [0.25, 0.3) is 16.9 Å². The number of anilines is 1. The topological polar surface area (TPSA) is 93.1 Å². The van der Waals surface area contributed by atoms with Crippen LogP contribution in [0, 0.1) is 0 Å². The minimum Gasteiger partial charge on any atom is -0.332 e. The van der Waals surface area contributed by atoms with Crippen molar-refractivity contribution < 1.29 is 13.2 Å². The molecule has 2 amide bonds. The van der Waals surface area contributed by atoms with Gasteiger partial charge in [-0.15, -0.1) is 0 Å². The van der Waals surface area contributed by atoms with E-state index < -0.39 is 9.84 Å². The molecule has 0 radical (unpaired) electrons. The summed E-state index contributed by atoms with van der Waals surface area (Å²) in [5.41, 5.74) is 3.73. The monoisotopic (exact) mass is 480 g/mol. The molecule has 0 saturated carbocycles. The first-order chi connectivity index (χ1) is 15.8. The van der Waals surface area contributed by atoms with Crippen molar-refractivity contribution in [1.29, 1.82) is 0 Å². The molecule has 2 N–H and O–H groups in total. The van der Waals surface area contributed by atoms with Crippen LogP contribution in [0.3, 0.4) is 0 Å². The van der Waals surface area contributed by atoms with Crippen LogP contribution >= 0.6 is 11.6 Å². The minimum atomic E-state index is -3.30. The Morgan fingerprint density at radius 3 is 2.27 bits per heavy atom. The van der Waals surface area contributed by atoms with Gasteiger partial charge >= 0.3 is 6.03 Å². The summed E-state index contributed by atoms with van der Waals surface area (Å²) in [6, 6.07) is 24.6. The Balaban J connectivity index is 1.57. The van der Waals surface area contributed by atoms with E-state index in [9.17, 15) is 13.2 Å². The van der Waals surface area contributed by atoms with Crippen molar-refractivity contribution in [2.75, 3.05) is 11.6 Å². The summed E-state index contributed by atoms with van der Waals surface area (Å²) in [6.45, 7) is 0.202. The van der Waals surface area contributed by atoms with Crippen molar-refractivity contribution in [1.82, 2.24) is 15.1 Å². The molecule has 4 aromatic rings. The molecule has 0 spiro atoms. The number of rotatable bonds is 6. The van der Waals surface area contributed by atoms with Crippen LogP contribution in [-0.4, -0.2) is 30.5 Å². The first-order valence-corrected chi connectivity index (χ1v) is 12.3. The molecule has 0 aliphatic rings. The van der Waals surface area contributed by atoms with E-state index in [1.54, 1.807) is 53.2 Å². The number of nitrogens with one attached hydrogen (secondary N) is 2. The van der Waals surface area contributed by atoms with Gasteiger partial charge in [0.1, 0.15) is 0 Å². The van der Waals surface area contributed by atoms with Gasteiger partial charge in [0, 0.05) is 22.5 Å². The van der Waals surface area contributed by atoms with Gasteiger partial charge in [-0.1, -0.05) is 41.9 Å². The molecule has 7 nitrogen and oxygen atoms in total. The number of carbonyl (C=O) groups is 1. The number of benzene rings is 3. The number of aromatic nitrogens is 2. The van der Waals surface area contributed by atoms with E-state index >= 15 is 0 Å². The van der Waals surface area contributed by atoms with Gasteiger partial charge in [0.2, 0.25) is 0 Å². The van der Waals surface area contributed by atoms with Gasteiger partial charge in [0.15, 0.2) is 9.84 Å². The zero-order chi connectivity index (χ0) is 23.4. The van der Waals surface area contributed by atoms with Crippen molar-refractivity contribution in [2.45, 2.75) is 11.4 Å². The van der Waals surface area contributed by atoms with Crippen LogP contribution in [0.1, 0.15) is 5.69 Å². The number of nitrogens with zero attached hydrogens (tertiary/aromatic N) is 2. The molecule has 3 aromatic carbocycles. The number of hydrogen-bond acceptors (Lipinski definition) is 4. The lowest BCUT2D eigenvalue weighted by Gasteiger charge is -2.08. The lowest BCUT2D eigenvalue weighted by molar-refractivity contribution is 0.251.